The van der Waals surface area contributed by atoms with Gasteiger partial charge in [0, 0.05) is 33.2 Å². The van der Waals surface area contributed by atoms with Crippen molar-refractivity contribution >= 4 is 5.91 Å². The largest absolute Gasteiger partial charge is 0.336 e. The van der Waals surface area contributed by atoms with Crippen molar-refractivity contribution in [3.63, 3.8) is 0 Å². The van der Waals surface area contributed by atoms with Gasteiger partial charge in [0.05, 0.1) is 17.0 Å². The van der Waals surface area contributed by atoms with Crippen LogP contribution in [0.15, 0.2) is 0 Å². The molecule has 2 heterocycles. The molecule has 0 atom stereocenters. The number of likely N-dealkylation sites (N-methyl/N-ethyl adjacent to an activating group) is 1. The Morgan fingerprint density at radius 3 is 2.33 bits per heavy atom. The zero-order chi connectivity index (χ0) is 15.4. The van der Waals surface area contributed by atoms with Crippen LogP contribution in [0.2, 0.25) is 0 Å². The molecule has 2 rings (SSSR count). The third kappa shape index (κ3) is 3.28. The minimum Gasteiger partial charge on any atom is -0.336 e. The highest BCUT2D eigenvalue weighted by Gasteiger charge is 2.27. The molecule has 118 valence electrons. The zero-order valence-electron chi connectivity index (χ0n) is 13.9. The fourth-order valence-electron chi connectivity index (χ4n) is 3.11. The average Bonchev–Trinajstić information content (AvgIpc) is 2.82. The maximum atomic E-state index is 12.9. The molecule has 1 aromatic rings. The summed E-state index contributed by atoms with van der Waals surface area (Å²) >= 11 is 0. The van der Waals surface area contributed by atoms with E-state index in [1.54, 1.807) is 0 Å². The zero-order valence-corrected chi connectivity index (χ0v) is 13.9. The number of amides is 1. The van der Waals surface area contributed by atoms with Gasteiger partial charge in [-0.3, -0.25) is 9.48 Å². The second kappa shape index (κ2) is 7.07. The van der Waals surface area contributed by atoms with Gasteiger partial charge < -0.3 is 9.80 Å². The lowest BCUT2D eigenvalue weighted by Crippen LogP contribution is -2.48. The standard InChI is InChI=1S/C16H28N4O/c1-5-8-13-15(14(6-2)18(4)17-13)16(21)20-11-9-19(7-3)10-12-20/h5-12H2,1-4H3. The molecule has 0 spiro atoms. The van der Waals surface area contributed by atoms with Crippen LogP contribution in [0.25, 0.3) is 0 Å². The molecule has 0 unspecified atom stereocenters. The molecule has 0 bridgehead atoms. The minimum atomic E-state index is 0.180. The molecule has 1 fully saturated rings. The summed E-state index contributed by atoms with van der Waals surface area (Å²) in [5.41, 5.74) is 2.91. The highest BCUT2D eigenvalue weighted by atomic mass is 16.2. The first kappa shape index (κ1) is 16.0. The average molecular weight is 292 g/mol. The molecule has 1 aliphatic heterocycles. The van der Waals surface area contributed by atoms with Crippen molar-refractivity contribution in [2.75, 3.05) is 32.7 Å². The van der Waals surface area contributed by atoms with Crippen LogP contribution in [0.5, 0.6) is 0 Å². The van der Waals surface area contributed by atoms with E-state index in [9.17, 15) is 4.79 Å². The normalized spacial score (nSPS) is 16.5. The molecular weight excluding hydrogens is 264 g/mol. The number of nitrogens with zero attached hydrogens (tertiary/aromatic N) is 4. The molecule has 0 aromatic carbocycles. The van der Waals surface area contributed by atoms with Crippen molar-refractivity contribution in [3.05, 3.63) is 17.0 Å². The molecule has 0 saturated carbocycles. The summed E-state index contributed by atoms with van der Waals surface area (Å²) in [6.45, 7) is 11.1. The molecule has 5 heteroatoms. The highest BCUT2D eigenvalue weighted by Crippen LogP contribution is 2.19. The van der Waals surface area contributed by atoms with E-state index in [0.717, 1.165) is 68.9 Å². The van der Waals surface area contributed by atoms with Crippen molar-refractivity contribution < 1.29 is 4.79 Å². The number of aryl methyl sites for hydroxylation is 2. The molecule has 0 aliphatic carbocycles. The van der Waals surface area contributed by atoms with E-state index in [0.29, 0.717) is 0 Å². The first-order valence-corrected chi connectivity index (χ1v) is 8.18. The Morgan fingerprint density at radius 2 is 1.81 bits per heavy atom. The van der Waals surface area contributed by atoms with E-state index >= 15 is 0 Å². The molecule has 1 saturated heterocycles. The van der Waals surface area contributed by atoms with Crippen LogP contribution in [0.1, 0.15) is 48.9 Å². The number of hydrogen-bond donors (Lipinski definition) is 0. The summed E-state index contributed by atoms with van der Waals surface area (Å²) in [6.07, 6.45) is 2.75. The monoisotopic (exact) mass is 292 g/mol. The number of carbonyl (C=O) groups excluding carboxylic acids is 1. The van der Waals surface area contributed by atoms with Gasteiger partial charge in [0.25, 0.3) is 5.91 Å². The molecule has 0 radical (unpaired) electrons. The molecule has 1 aliphatic rings. The number of piperazine rings is 1. The SMILES string of the molecule is CCCc1nn(C)c(CC)c1C(=O)N1CCN(CC)CC1. The quantitative estimate of drug-likeness (QED) is 0.829. The molecular formula is C16H28N4O. The minimum absolute atomic E-state index is 0.180. The Morgan fingerprint density at radius 1 is 1.14 bits per heavy atom. The Labute approximate surface area is 127 Å². The highest BCUT2D eigenvalue weighted by molar-refractivity contribution is 5.96. The van der Waals surface area contributed by atoms with E-state index in [2.05, 4.69) is 30.8 Å². The van der Waals surface area contributed by atoms with Crippen molar-refractivity contribution in [1.29, 1.82) is 0 Å². The molecule has 0 N–H and O–H groups in total. The molecule has 1 amide bonds. The summed E-state index contributed by atoms with van der Waals surface area (Å²) in [5, 5.41) is 4.58. The van der Waals surface area contributed by atoms with Crippen LogP contribution < -0.4 is 0 Å². The number of aromatic nitrogens is 2. The topological polar surface area (TPSA) is 41.4 Å². The summed E-state index contributed by atoms with van der Waals surface area (Å²) in [6, 6.07) is 0. The predicted molar refractivity (Wildman–Crippen MR) is 84.6 cm³/mol. The summed E-state index contributed by atoms with van der Waals surface area (Å²) in [5.74, 6) is 0.180. The first-order chi connectivity index (χ1) is 10.1. The van der Waals surface area contributed by atoms with Gasteiger partial charge in [-0.2, -0.15) is 5.10 Å². The van der Waals surface area contributed by atoms with Crippen molar-refractivity contribution in [2.45, 2.75) is 40.0 Å². The smallest absolute Gasteiger partial charge is 0.257 e. The van der Waals surface area contributed by atoms with Gasteiger partial charge in [-0.05, 0) is 19.4 Å². The van der Waals surface area contributed by atoms with Crippen molar-refractivity contribution in [1.82, 2.24) is 19.6 Å². The van der Waals surface area contributed by atoms with E-state index in [1.165, 1.54) is 0 Å². The third-order valence-electron chi connectivity index (χ3n) is 4.38. The number of rotatable bonds is 5. The van der Waals surface area contributed by atoms with Gasteiger partial charge in [-0.25, -0.2) is 0 Å². The van der Waals surface area contributed by atoms with Gasteiger partial charge in [-0.15, -0.1) is 0 Å². The van der Waals surface area contributed by atoms with E-state index < -0.39 is 0 Å². The van der Waals surface area contributed by atoms with E-state index in [4.69, 9.17) is 0 Å². The van der Waals surface area contributed by atoms with Gasteiger partial charge >= 0.3 is 0 Å². The lowest BCUT2D eigenvalue weighted by molar-refractivity contribution is 0.0641. The Kier molecular flexibility index (Phi) is 5.39. The maximum Gasteiger partial charge on any atom is 0.257 e. The van der Waals surface area contributed by atoms with Gasteiger partial charge in [0.1, 0.15) is 0 Å². The van der Waals surface area contributed by atoms with Crippen LogP contribution in [0, 0.1) is 0 Å². The Bertz CT molecular complexity index is 487. The van der Waals surface area contributed by atoms with Crippen LogP contribution >= 0.6 is 0 Å². The molecule has 21 heavy (non-hydrogen) atoms. The fraction of sp³-hybridized carbons (Fsp3) is 0.750. The summed E-state index contributed by atoms with van der Waals surface area (Å²) in [4.78, 5) is 17.3. The lowest BCUT2D eigenvalue weighted by atomic mass is 10.1. The van der Waals surface area contributed by atoms with E-state index in [1.807, 2.05) is 16.6 Å². The van der Waals surface area contributed by atoms with E-state index in [-0.39, 0.29) is 5.91 Å². The number of hydrogen-bond acceptors (Lipinski definition) is 3. The number of carbonyl (C=O) groups is 1. The van der Waals surface area contributed by atoms with Crippen LogP contribution in [-0.4, -0.2) is 58.2 Å². The second-order valence-electron chi connectivity index (χ2n) is 5.72. The van der Waals surface area contributed by atoms with Crippen LogP contribution in [0.3, 0.4) is 0 Å². The van der Waals surface area contributed by atoms with Crippen LogP contribution in [0.4, 0.5) is 0 Å². The van der Waals surface area contributed by atoms with Gasteiger partial charge in [0.2, 0.25) is 0 Å². The third-order valence-corrected chi connectivity index (χ3v) is 4.38. The lowest BCUT2D eigenvalue weighted by Gasteiger charge is -2.34. The predicted octanol–water partition coefficient (Wildman–Crippen LogP) is 1.71. The summed E-state index contributed by atoms with van der Waals surface area (Å²) < 4.78 is 1.89. The summed E-state index contributed by atoms with van der Waals surface area (Å²) in [7, 11) is 1.95. The van der Waals surface area contributed by atoms with Crippen molar-refractivity contribution in [2.24, 2.45) is 7.05 Å². The van der Waals surface area contributed by atoms with Crippen molar-refractivity contribution in [3.8, 4) is 0 Å². The Balaban J connectivity index is 2.22. The maximum absolute atomic E-state index is 12.9. The molecule has 5 nitrogen and oxygen atoms in total. The first-order valence-electron chi connectivity index (χ1n) is 8.18. The van der Waals surface area contributed by atoms with Gasteiger partial charge in [-0.1, -0.05) is 27.2 Å². The van der Waals surface area contributed by atoms with Gasteiger partial charge in [0.15, 0.2) is 0 Å². The molecule has 1 aromatic heterocycles. The second-order valence-corrected chi connectivity index (χ2v) is 5.72. The fourth-order valence-corrected chi connectivity index (χ4v) is 3.11. The van der Waals surface area contributed by atoms with Crippen LogP contribution in [-0.2, 0) is 19.9 Å². The Hall–Kier alpha value is -1.36.